The normalized spacial score (nSPS) is 26.8. The van der Waals surface area contributed by atoms with E-state index in [1.54, 1.807) is 10.9 Å². The molecular weight excluding hydrogens is 507 g/mol. The van der Waals surface area contributed by atoms with Gasteiger partial charge in [0.25, 0.3) is 0 Å². The van der Waals surface area contributed by atoms with Crippen molar-refractivity contribution in [2.24, 2.45) is 5.92 Å². The first-order valence-electron chi connectivity index (χ1n) is 9.99. The molecule has 0 aromatic carbocycles. The fourth-order valence-electron chi connectivity index (χ4n) is 3.78. The fourth-order valence-corrected chi connectivity index (χ4v) is 5.06. The Morgan fingerprint density at radius 1 is 1.19 bits per heavy atom. The zero-order chi connectivity index (χ0) is 21.0. The number of hydrogen-bond donors (Lipinski definition) is 4. The van der Waals surface area contributed by atoms with Crippen molar-refractivity contribution in [1.82, 2.24) is 30.5 Å². The van der Waals surface area contributed by atoms with Crippen molar-refractivity contribution in [3.05, 3.63) is 11.9 Å². The van der Waals surface area contributed by atoms with E-state index >= 15 is 0 Å². The molecule has 0 bridgehead atoms. The first-order chi connectivity index (χ1) is 13.8. The molecule has 2 fully saturated rings. The quantitative estimate of drug-likeness (QED) is 0.365. The van der Waals surface area contributed by atoms with E-state index in [0.717, 1.165) is 12.1 Å². The number of hydrogen-bond acceptors (Lipinski definition) is 8. The molecule has 1 aromatic rings. The van der Waals surface area contributed by atoms with Crippen molar-refractivity contribution in [2.75, 3.05) is 31.1 Å². The lowest BCUT2D eigenvalue weighted by Gasteiger charge is -2.25. The summed E-state index contributed by atoms with van der Waals surface area (Å²) < 4.78 is 24.7. The van der Waals surface area contributed by atoms with Gasteiger partial charge in [0.05, 0.1) is 29.3 Å². The first-order valence-corrected chi connectivity index (χ1v) is 11.8. The number of nitrogens with zero attached hydrogens (tertiary/aromatic N) is 4. The molecule has 0 radical (unpaired) electrons. The van der Waals surface area contributed by atoms with Gasteiger partial charge in [-0.25, -0.2) is 13.2 Å². The van der Waals surface area contributed by atoms with E-state index in [9.17, 15) is 23.4 Å². The maximum Gasteiger partial charge on any atom is 0.315 e. The van der Waals surface area contributed by atoms with Gasteiger partial charge in [-0.1, -0.05) is 12.1 Å². The molecule has 11 nitrogen and oxygen atoms in total. The van der Waals surface area contributed by atoms with Crippen molar-refractivity contribution in [1.29, 1.82) is 0 Å². The SMILES string of the molecule is CCCNC(=O)N[C@@H]1C[C@H](Cn2cc(CN3CCS(=O)(=O)CC3)nn2)[C@@H](O)[C@H]1O.Cl.Cl.Cl. The van der Waals surface area contributed by atoms with Gasteiger partial charge in [0, 0.05) is 44.8 Å². The summed E-state index contributed by atoms with van der Waals surface area (Å²) in [6, 6.07) is -0.875. The average molecular weight is 540 g/mol. The number of aromatic nitrogens is 3. The monoisotopic (exact) mass is 538 g/mol. The predicted molar refractivity (Wildman–Crippen MR) is 126 cm³/mol. The van der Waals surface area contributed by atoms with Crippen LogP contribution < -0.4 is 10.6 Å². The van der Waals surface area contributed by atoms with Crippen molar-refractivity contribution in [3.8, 4) is 0 Å². The van der Waals surface area contributed by atoms with Crippen LogP contribution in [0.4, 0.5) is 4.79 Å². The van der Waals surface area contributed by atoms with E-state index in [2.05, 4.69) is 20.9 Å². The number of aliphatic hydroxyl groups is 2. The Labute approximate surface area is 206 Å². The van der Waals surface area contributed by atoms with Gasteiger partial charge in [0.15, 0.2) is 9.84 Å². The van der Waals surface area contributed by atoms with Gasteiger partial charge in [-0.15, -0.1) is 42.3 Å². The summed E-state index contributed by atoms with van der Waals surface area (Å²) in [6.45, 7) is 4.35. The molecule has 3 rings (SSSR count). The number of rotatable bonds is 7. The molecule has 4 N–H and O–H groups in total. The Hall–Kier alpha value is -0.890. The third-order valence-electron chi connectivity index (χ3n) is 5.48. The summed E-state index contributed by atoms with van der Waals surface area (Å²) in [5, 5.41) is 34.2. The van der Waals surface area contributed by atoms with Crippen LogP contribution in [0.25, 0.3) is 0 Å². The number of aliphatic hydroxyl groups excluding tert-OH is 2. The zero-order valence-corrected chi connectivity index (χ0v) is 21.1. The Bertz CT molecular complexity index is 800. The van der Waals surface area contributed by atoms with Crippen LogP contribution in [0.15, 0.2) is 6.20 Å². The largest absolute Gasteiger partial charge is 0.390 e. The van der Waals surface area contributed by atoms with E-state index in [1.165, 1.54) is 0 Å². The molecule has 32 heavy (non-hydrogen) atoms. The lowest BCUT2D eigenvalue weighted by atomic mass is 10.1. The van der Waals surface area contributed by atoms with Crippen molar-refractivity contribution < 1.29 is 23.4 Å². The number of urea groups is 1. The van der Waals surface area contributed by atoms with Crippen molar-refractivity contribution in [3.63, 3.8) is 0 Å². The van der Waals surface area contributed by atoms with E-state index < -0.39 is 28.1 Å². The molecule has 0 unspecified atom stereocenters. The van der Waals surface area contributed by atoms with Crippen LogP contribution in [0, 0.1) is 5.92 Å². The first kappa shape index (κ1) is 31.1. The summed E-state index contributed by atoms with van der Waals surface area (Å²) in [6.07, 6.45) is 1.02. The Balaban J connectivity index is 0.00000320. The van der Waals surface area contributed by atoms with Gasteiger partial charge >= 0.3 is 6.03 Å². The van der Waals surface area contributed by atoms with E-state index in [0.29, 0.717) is 39.1 Å². The summed E-state index contributed by atoms with van der Waals surface area (Å²) in [5.74, 6) is 0.0530. The lowest BCUT2D eigenvalue weighted by molar-refractivity contribution is 0.00860. The smallest absolute Gasteiger partial charge is 0.315 e. The summed E-state index contributed by atoms with van der Waals surface area (Å²) >= 11 is 0. The number of carbonyl (C=O) groups is 1. The number of amides is 2. The summed E-state index contributed by atoms with van der Waals surface area (Å²) in [5.41, 5.74) is 0.728. The minimum Gasteiger partial charge on any atom is -0.390 e. The van der Waals surface area contributed by atoms with Crippen molar-refractivity contribution in [2.45, 2.75) is 51.1 Å². The molecule has 1 saturated carbocycles. The molecule has 4 atom stereocenters. The highest BCUT2D eigenvalue weighted by Crippen LogP contribution is 2.28. The topological polar surface area (TPSA) is 150 Å². The highest BCUT2D eigenvalue weighted by molar-refractivity contribution is 7.91. The van der Waals surface area contributed by atoms with Gasteiger partial charge in [-0.3, -0.25) is 9.58 Å². The van der Waals surface area contributed by atoms with Crippen LogP contribution in [0.1, 0.15) is 25.5 Å². The minimum absolute atomic E-state index is 0. The number of halogens is 3. The molecule has 1 saturated heterocycles. The van der Waals surface area contributed by atoms with Gasteiger partial charge in [-0.05, 0) is 12.8 Å². The Morgan fingerprint density at radius 2 is 1.84 bits per heavy atom. The third-order valence-corrected chi connectivity index (χ3v) is 7.09. The Kier molecular flexibility index (Phi) is 13.3. The molecule has 15 heteroatoms. The van der Waals surface area contributed by atoms with Crippen LogP contribution in [0.5, 0.6) is 0 Å². The third kappa shape index (κ3) is 8.47. The maximum absolute atomic E-state index is 11.8. The number of nitrogens with one attached hydrogen (secondary N) is 2. The highest BCUT2D eigenvalue weighted by Gasteiger charge is 2.42. The van der Waals surface area contributed by atoms with Crippen LogP contribution in [-0.4, -0.2) is 93.9 Å². The molecule has 2 aliphatic rings. The molecule has 0 spiro atoms. The van der Waals surface area contributed by atoms with E-state index in [4.69, 9.17) is 0 Å². The second kappa shape index (κ2) is 13.7. The maximum atomic E-state index is 11.8. The van der Waals surface area contributed by atoms with Crippen LogP contribution >= 0.6 is 37.2 Å². The molecule has 1 aliphatic heterocycles. The highest BCUT2D eigenvalue weighted by atomic mass is 35.5. The molecule has 2 heterocycles. The van der Waals surface area contributed by atoms with Crippen molar-refractivity contribution >= 4 is 53.1 Å². The van der Waals surface area contributed by atoms with Gasteiger partial charge in [-0.2, -0.15) is 0 Å². The minimum atomic E-state index is -2.92. The second-order valence-electron chi connectivity index (χ2n) is 7.84. The van der Waals surface area contributed by atoms with Crippen LogP contribution in [-0.2, 0) is 22.9 Å². The van der Waals surface area contributed by atoms with E-state index in [1.807, 2.05) is 11.8 Å². The van der Waals surface area contributed by atoms with E-state index in [-0.39, 0.29) is 60.7 Å². The summed E-state index contributed by atoms with van der Waals surface area (Å²) in [4.78, 5) is 13.8. The van der Waals surface area contributed by atoms with Gasteiger partial charge in [0.1, 0.15) is 6.10 Å². The number of carbonyl (C=O) groups excluding carboxylic acids is 1. The fraction of sp³-hybridized carbons (Fsp3) is 0.824. The second-order valence-corrected chi connectivity index (χ2v) is 10.1. The molecular formula is C17H33Cl3N6O5S. The standard InChI is InChI=1S/C17H30N6O5S.3ClH/c1-2-3-18-17(26)19-14-8-12(15(24)16(14)25)9-23-11-13(20-21-23)10-22-4-6-29(27,28)7-5-22;;;/h11-12,14-16,24-25H,2-10H2,1H3,(H2,18,19,26);3*1H/t12-,14-,15-,16+;;;/m1.../s1. The van der Waals surface area contributed by atoms with Crippen LogP contribution in [0.3, 0.4) is 0 Å². The van der Waals surface area contributed by atoms with Gasteiger partial charge in [0.2, 0.25) is 0 Å². The number of sulfone groups is 1. The zero-order valence-electron chi connectivity index (χ0n) is 17.8. The Morgan fingerprint density at radius 3 is 2.47 bits per heavy atom. The van der Waals surface area contributed by atoms with Crippen LogP contribution in [0.2, 0.25) is 0 Å². The molecule has 1 aromatic heterocycles. The average Bonchev–Trinajstić information content (AvgIpc) is 3.22. The molecule has 2 amide bonds. The van der Waals surface area contributed by atoms with Gasteiger partial charge < -0.3 is 20.8 Å². The molecule has 1 aliphatic carbocycles. The molecule has 188 valence electrons. The lowest BCUT2D eigenvalue weighted by Crippen LogP contribution is -2.47. The predicted octanol–water partition coefficient (Wildman–Crippen LogP) is -0.407. The summed E-state index contributed by atoms with van der Waals surface area (Å²) in [7, 11) is -2.92.